The fourth-order valence-electron chi connectivity index (χ4n) is 3.73. The molecule has 8 heteroatoms. The topological polar surface area (TPSA) is 75.7 Å². The molecule has 1 aliphatic heterocycles. The molecule has 0 aromatic heterocycles. The Hall–Kier alpha value is -2.45. The zero-order valence-corrected chi connectivity index (χ0v) is 17.5. The van der Waals surface area contributed by atoms with E-state index in [-0.39, 0.29) is 33.7 Å². The average molecular weight is 421 g/mol. The number of anilines is 1. The summed E-state index contributed by atoms with van der Waals surface area (Å²) in [6.07, 6.45) is 0.971. The van der Waals surface area contributed by atoms with Crippen molar-refractivity contribution in [1.29, 1.82) is 0 Å². The van der Waals surface area contributed by atoms with Gasteiger partial charge in [0, 0.05) is 24.3 Å². The van der Waals surface area contributed by atoms with E-state index in [2.05, 4.69) is 5.32 Å². The molecule has 0 radical (unpaired) electrons. The fraction of sp³-hybridized carbons (Fsp3) is 0.381. The number of hydrogen-bond donors (Lipinski definition) is 1. The number of sulfonamides is 1. The summed E-state index contributed by atoms with van der Waals surface area (Å²) >= 11 is 0. The molecule has 1 aliphatic rings. The van der Waals surface area contributed by atoms with Crippen molar-refractivity contribution in [2.45, 2.75) is 25.2 Å². The van der Waals surface area contributed by atoms with Gasteiger partial charge in [0.2, 0.25) is 10.0 Å². The van der Waals surface area contributed by atoms with E-state index in [0.717, 1.165) is 6.42 Å². The molecule has 6 nitrogen and oxygen atoms in total. The highest BCUT2D eigenvalue weighted by Gasteiger charge is 2.34. The van der Waals surface area contributed by atoms with Gasteiger partial charge in [0.25, 0.3) is 5.91 Å². The molecule has 2 atom stereocenters. The normalized spacial score (nSPS) is 20.3. The predicted molar refractivity (Wildman–Crippen MR) is 109 cm³/mol. The van der Waals surface area contributed by atoms with Crippen LogP contribution in [-0.2, 0) is 10.0 Å². The number of methoxy groups -OCH3 is 1. The highest BCUT2D eigenvalue weighted by atomic mass is 32.2. The number of halogens is 1. The van der Waals surface area contributed by atoms with Gasteiger partial charge in [-0.2, -0.15) is 4.31 Å². The summed E-state index contributed by atoms with van der Waals surface area (Å²) in [4.78, 5) is 12.6. The third kappa shape index (κ3) is 4.76. The van der Waals surface area contributed by atoms with Crippen LogP contribution in [0.5, 0.6) is 5.75 Å². The second-order valence-corrected chi connectivity index (χ2v) is 9.50. The summed E-state index contributed by atoms with van der Waals surface area (Å²) in [6, 6.07) is 9.75. The van der Waals surface area contributed by atoms with E-state index >= 15 is 0 Å². The minimum Gasteiger partial charge on any atom is -0.495 e. The molecule has 2 aromatic rings. The average Bonchev–Trinajstić information content (AvgIpc) is 2.66. The van der Waals surface area contributed by atoms with Crippen LogP contribution in [0.3, 0.4) is 0 Å². The van der Waals surface area contributed by atoms with Crippen LogP contribution in [0, 0.1) is 17.7 Å². The summed E-state index contributed by atoms with van der Waals surface area (Å²) in [5, 5.41) is 2.58. The van der Waals surface area contributed by atoms with Crippen LogP contribution in [0.4, 0.5) is 10.1 Å². The lowest BCUT2D eigenvalue weighted by Crippen LogP contribution is -2.42. The summed E-state index contributed by atoms with van der Waals surface area (Å²) in [7, 11) is -2.45. The Morgan fingerprint density at radius 3 is 2.45 bits per heavy atom. The standard InChI is InChI=1S/C21H25FN2O4S/c1-14-9-15(2)13-24(12-14)29(26,27)20-10-16(7-8-19(20)28-3)21(25)23-18-6-4-5-17(22)11-18/h4-8,10-11,14-15H,9,12-13H2,1-3H3,(H,23,25). The molecule has 1 heterocycles. The van der Waals surface area contributed by atoms with Crippen LogP contribution < -0.4 is 10.1 Å². The minimum absolute atomic E-state index is 0.0480. The molecule has 1 amide bonds. The molecule has 0 aliphatic carbocycles. The van der Waals surface area contributed by atoms with Gasteiger partial charge < -0.3 is 10.1 Å². The predicted octanol–water partition coefficient (Wildman–Crippen LogP) is 3.75. The molecule has 0 spiro atoms. The molecule has 1 N–H and O–H groups in total. The Balaban J connectivity index is 1.93. The molecule has 3 rings (SSSR count). The number of ether oxygens (including phenoxy) is 1. The number of carbonyl (C=O) groups is 1. The molecule has 1 fully saturated rings. The first-order chi connectivity index (χ1) is 13.7. The van der Waals surface area contributed by atoms with Crippen molar-refractivity contribution < 1.29 is 22.3 Å². The van der Waals surface area contributed by atoms with E-state index in [1.54, 1.807) is 6.07 Å². The van der Waals surface area contributed by atoms with Crippen molar-refractivity contribution in [1.82, 2.24) is 4.31 Å². The first kappa shape index (κ1) is 21.3. The number of hydrogen-bond acceptors (Lipinski definition) is 4. The Kier molecular flexibility index (Phi) is 6.24. The number of benzene rings is 2. The zero-order valence-electron chi connectivity index (χ0n) is 16.7. The second kappa shape index (κ2) is 8.51. The molecular formula is C21H25FN2O4S. The molecule has 1 saturated heterocycles. The fourth-order valence-corrected chi connectivity index (χ4v) is 5.59. The zero-order chi connectivity index (χ0) is 21.2. The van der Waals surface area contributed by atoms with Crippen molar-refractivity contribution in [3.63, 3.8) is 0 Å². The van der Waals surface area contributed by atoms with Crippen LogP contribution in [-0.4, -0.2) is 38.8 Å². The van der Waals surface area contributed by atoms with Crippen LogP contribution in [0.15, 0.2) is 47.4 Å². The van der Waals surface area contributed by atoms with Crippen molar-refractivity contribution >= 4 is 21.6 Å². The second-order valence-electron chi connectivity index (χ2n) is 7.60. The number of piperidine rings is 1. The smallest absolute Gasteiger partial charge is 0.255 e. The highest BCUT2D eigenvalue weighted by Crippen LogP contribution is 2.32. The molecule has 0 bridgehead atoms. The number of rotatable bonds is 5. The van der Waals surface area contributed by atoms with E-state index < -0.39 is 21.7 Å². The maximum absolute atomic E-state index is 13.4. The van der Waals surface area contributed by atoms with Crippen LogP contribution in [0.2, 0.25) is 0 Å². The maximum atomic E-state index is 13.4. The van der Waals surface area contributed by atoms with Gasteiger partial charge in [-0.15, -0.1) is 0 Å². The number of nitrogens with one attached hydrogen (secondary N) is 1. The molecular weight excluding hydrogens is 395 g/mol. The Labute approximate surface area is 170 Å². The third-order valence-electron chi connectivity index (χ3n) is 4.96. The number of nitrogens with zero attached hydrogens (tertiary/aromatic N) is 1. The largest absolute Gasteiger partial charge is 0.495 e. The Morgan fingerprint density at radius 1 is 1.14 bits per heavy atom. The van der Waals surface area contributed by atoms with Crippen molar-refractivity contribution in [2.24, 2.45) is 11.8 Å². The maximum Gasteiger partial charge on any atom is 0.255 e. The van der Waals surface area contributed by atoms with Gasteiger partial charge in [-0.1, -0.05) is 19.9 Å². The third-order valence-corrected chi connectivity index (χ3v) is 6.81. The van der Waals surface area contributed by atoms with Gasteiger partial charge in [-0.05, 0) is 54.7 Å². The summed E-state index contributed by atoms with van der Waals surface area (Å²) in [5.41, 5.74) is 0.431. The molecule has 0 saturated carbocycles. The molecule has 156 valence electrons. The van der Waals surface area contributed by atoms with E-state index in [4.69, 9.17) is 4.74 Å². The lowest BCUT2D eigenvalue weighted by atomic mass is 9.94. The van der Waals surface area contributed by atoms with Gasteiger partial charge in [-0.25, -0.2) is 12.8 Å². The van der Waals surface area contributed by atoms with Gasteiger partial charge in [0.15, 0.2) is 0 Å². The summed E-state index contributed by atoms with van der Waals surface area (Å²) < 4.78 is 46.7. The van der Waals surface area contributed by atoms with E-state index in [1.165, 1.54) is 47.8 Å². The van der Waals surface area contributed by atoms with Gasteiger partial charge in [0.05, 0.1) is 7.11 Å². The molecule has 2 unspecified atom stereocenters. The number of amides is 1. The molecule has 29 heavy (non-hydrogen) atoms. The lowest BCUT2D eigenvalue weighted by molar-refractivity contribution is 0.102. The van der Waals surface area contributed by atoms with Crippen LogP contribution >= 0.6 is 0 Å². The minimum atomic E-state index is -3.84. The van der Waals surface area contributed by atoms with Gasteiger partial charge in [0.1, 0.15) is 16.5 Å². The van der Waals surface area contributed by atoms with Gasteiger partial charge in [-0.3, -0.25) is 4.79 Å². The van der Waals surface area contributed by atoms with E-state index in [1.807, 2.05) is 13.8 Å². The van der Waals surface area contributed by atoms with E-state index in [0.29, 0.717) is 13.1 Å². The first-order valence-corrected chi connectivity index (χ1v) is 10.9. The SMILES string of the molecule is COc1ccc(C(=O)Nc2cccc(F)c2)cc1S(=O)(=O)N1CC(C)CC(C)C1. The quantitative estimate of drug-likeness (QED) is 0.799. The number of carbonyl (C=O) groups excluding carboxylic acids is 1. The van der Waals surface area contributed by atoms with Crippen molar-refractivity contribution in [3.05, 3.63) is 53.8 Å². The monoisotopic (exact) mass is 420 g/mol. The summed E-state index contributed by atoms with van der Waals surface area (Å²) in [6.45, 7) is 4.90. The van der Waals surface area contributed by atoms with Gasteiger partial charge >= 0.3 is 0 Å². The lowest BCUT2D eigenvalue weighted by Gasteiger charge is -2.34. The van der Waals surface area contributed by atoms with E-state index in [9.17, 15) is 17.6 Å². The molecule has 2 aromatic carbocycles. The van der Waals surface area contributed by atoms with Crippen molar-refractivity contribution in [3.8, 4) is 5.75 Å². The first-order valence-electron chi connectivity index (χ1n) is 9.46. The Morgan fingerprint density at radius 2 is 1.83 bits per heavy atom. The van der Waals surface area contributed by atoms with Crippen LogP contribution in [0.1, 0.15) is 30.6 Å². The van der Waals surface area contributed by atoms with Crippen molar-refractivity contribution in [2.75, 3.05) is 25.5 Å². The Bertz CT molecular complexity index is 999. The van der Waals surface area contributed by atoms with Crippen LogP contribution in [0.25, 0.3) is 0 Å². The highest BCUT2D eigenvalue weighted by molar-refractivity contribution is 7.89. The summed E-state index contributed by atoms with van der Waals surface area (Å²) in [5.74, 6) is -0.333.